The van der Waals surface area contributed by atoms with Gasteiger partial charge < -0.3 is 40.1 Å². The number of piperazine rings is 1. The predicted molar refractivity (Wildman–Crippen MR) is 174 cm³/mol. The average molecular weight is 589 g/mol. The van der Waals surface area contributed by atoms with Gasteiger partial charge in [-0.3, -0.25) is 4.79 Å². The topological polar surface area (TPSA) is 98.4 Å². The van der Waals surface area contributed by atoms with E-state index in [1.165, 1.54) is 0 Å². The molecule has 0 aliphatic carbocycles. The third-order valence-electron chi connectivity index (χ3n) is 7.58. The molecular weight excluding hydrogens is 544 g/mol. The Morgan fingerprint density at radius 3 is 2.09 bits per heavy atom. The molecule has 0 atom stereocenters. The van der Waals surface area contributed by atoms with Gasteiger partial charge in [0.05, 0.1) is 25.0 Å². The minimum absolute atomic E-state index is 0.162. The Bertz CT molecular complexity index is 1340. The maximum Gasteiger partial charge on any atom is 0.323 e. The maximum absolute atomic E-state index is 13.5. The first kappa shape index (κ1) is 31.5. The lowest BCUT2D eigenvalue weighted by Gasteiger charge is -2.38. The van der Waals surface area contributed by atoms with Crippen molar-refractivity contribution >= 4 is 34.7 Å². The minimum atomic E-state index is -0.393. The molecule has 0 saturated carbocycles. The number of hydrogen-bond acceptors (Lipinski definition) is 7. The van der Waals surface area contributed by atoms with Crippen molar-refractivity contribution in [2.24, 2.45) is 0 Å². The van der Waals surface area contributed by atoms with Crippen molar-refractivity contribution in [2.75, 3.05) is 86.5 Å². The highest BCUT2D eigenvalue weighted by molar-refractivity contribution is 6.04. The van der Waals surface area contributed by atoms with Gasteiger partial charge in [0.1, 0.15) is 11.5 Å². The summed E-state index contributed by atoms with van der Waals surface area (Å²) in [5.74, 6) is 1.43. The molecule has 3 N–H and O–H groups in total. The second-order valence-electron chi connectivity index (χ2n) is 10.2. The number of benzene rings is 3. The van der Waals surface area contributed by atoms with Crippen molar-refractivity contribution in [3.05, 3.63) is 72.3 Å². The smallest absolute Gasteiger partial charge is 0.323 e. The molecule has 0 bridgehead atoms. The number of carbonyl (C=O) groups is 2. The Morgan fingerprint density at radius 1 is 0.814 bits per heavy atom. The summed E-state index contributed by atoms with van der Waals surface area (Å²) in [7, 11) is 1.69. The third kappa shape index (κ3) is 8.54. The molecule has 0 unspecified atom stereocenters. The molecule has 3 aromatic rings. The van der Waals surface area contributed by atoms with Gasteiger partial charge in [-0.1, -0.05) is 26.0 Å². The lowest BCUT2D eigenvalue weighted by Crippen LogP contribution is -2.47. The fourth-order valence-corrected chi connectivity index (χ4v) is 5.21. The molecule has 43 heavy (non-hydrogen) atoms. The van der Waals surface area contributed by atoms with E-state index in [0.717, 1.165) is 68.7 Å². The zero-order valence-electron chi connectivity index (χ0n) is 25.7. The number of nitrogens with one attached hydrogen (secondary N) is 3. The van der Waals surface area contributed by atoms with Crippen LogP contribution in [0.15, 0.2) is 66.7 Å². The summed E-state index contributed by atoms with van der Waals surface area (Å²) in [5.41, 5.74) is 3.62. The highest BCUT2D eigenvalue weighted by Gasteiger charge is 2.24. The monoisotopic (exact) mass is 588 g/mol. The number of urea groups is 1. The third-order valence-corrected chi connectivity index (χ3v) is 7.58. The van der Waals surface area contributed by atoms with Crippen molar-refractivity contribution in [3.63, 3.8) is 0 Å². The molecule has 10 heteroatoms. The fraction of sp³-hybridized carbons (Fsp3) is 0.394. The van der Waals surface area contributed by atoms with E-state index in [9.17, 15) is 9.59 Å². The van der Waals surface area contributed by atoms with Crippen LogP contribution in [-0.2, 0) is 0 Å². The van der Waals surface area contributed by atoms with Gasteiger partial charge in [0.2, 0.25) is 0 Å². The van der Waals surface area contributed by atoms with Gasteiger partial charge in [0.15, 0.2) is 0 Å². The Balaban J connectivity index is 1.48. The van der Waals surface area contributed by atoms with E-state index in [0.29, 0.717) is 30.1 Å². The second kappa shape index (κ2) is 15.7. The van der Waals surface area contributed by atoms with Crippen molar-refractivity contribution in [1.29, 1.82) is 0 Å². The second-order valence-corrected chi connectivity index (χ2v) is 10.2. The standard InChI is InChI=1S/C33H44N6O4/c1-5-37(6-2)19-18-34-32(40)28-24-26(36-33(41)35-25-12-15-27(16-13-25)43-7-3)14-17-29(28)38-20-22-39(23-21-38)30-10-8-9-11-31(30)42-4/h8-17,24H,5-7,18-23H2,1-4H3,(H,34,40)(H2,35,36,41). The molecular formula is C33H44N6O4. The Kier molecular flexibility index (Phi) is 11.5. The summed E-state index contributed by atoms with van der Waals surface area (Å²) in [6.45, 7) is 12.9. The van der Waals surface area contributed by atoms with Crippen LogP contribution in [0, 0.1) is 0 Å². The largest absolute Gasteiger partial charge is 0.495 e. The van der Waals surface area contributed by atoms with Crippen LogP contribution in [0.25, 0.3) is 0 Å². The van der Waals surface area contributed by atoms with Crippen LogP contribution in [0.1, 0.15) is 31.1 Å². The van der Waals surface area contributed by atoms with Crippen LogP contribution in [0.3, 0.4) is 0 Å². The Hall–Kier alpha value is -4.44. The molecule has 1 heterocycles. The van der Waals surface area contributed by atoms with Gasteiger partial charge in [-0.2, -0.15) is 0 Å². The number of ether oxygens (including phenoxy) is 2. The van der Waals surface area contributed by atoms with Gasteiger partial charge in [-0.05, 0) is 74.6 Å². The molecule has 0 aromatic heterocycles. The number of methoxy groups -OCH3 is 1. The quantitative estimate of drug-likeness (QED) is 0.255. The molecule has 10 nitrogen and oxygen atoms in total. The van der Waals surface area contributed by atoms with Crippen LogP contribution in [0.2, 0.25) is 0 Å². The van der Waals surface area contributed by atoms with E-state index in [2.05, 4.69) is 50.6 Å². The normalized spacial score (nSPS) is 13.0. The first-order chi connectivity index (χ1) is 20.9. The molecule has 230 valence electrons. The number of likely N-dealkylation sites (N-methyl/N-ethyl adjacent to an activating group) is 1. The first-order valence-corrected chi connectivity index (χ1v) is 15.0. The van der Waals surface area contributed by atoms with Crippen LogP contribution in [-0.4, -0.2) is 82.9 Å². The summed E-state index contributed by atoms with van der Waals surface area (Å²) in [6, 6.07) is 20.3. The van der Waals surface area contributed by atoms with E-state index >= 15 is 0 Å². The van der Waals surface area contributed by atoms with E-state index in [1.54, 1.807) is 25.3 Å². The molecule has 1 aliphatic rings. The predicted octanol–water partition coefficient (Wildman–Crippen LogP) is 5.14. The fourth-order valence-electron chi connectivity index (χ4n) is 5.21. The highest BCUT2D eigenvalue weighted by Crippen LogP contribution is 2.31. The van der Waals surface area contributed by atoms with Gasteiger partial charge in [0.25, 0.3) is 5.91 Å². The summed E-state index contributed by atoms with van der Waals surface area (Å²) in [4.78, 5) is 33.1. The molecule has 1 saturated heterocycles. The number of hydrogen-bond donors (Lipinski definition) is 3. The van der Waals surface area contributed by atoms with Crippen LogP contribution >= 0.6 is 0 Å². The van der Waals surface area contributed by atoms with E-state index in [-0.39, 0.29) is 5.91 Å². The molecule has 3 aromatic carbocycles. The molecule has 3 amide bonds. The van der Waals surface area contributed by atoms with Crippen molar-refractivity contribution < 1.29 is 19.1 Å². The van der Waals surface area contributed by atoms with Crippen molar-refractivity contribution in [1.82, 2.24) is 10.2 Å². The molecule has 4 rings (SSSR count). The van der Waals surface area contributed by atoms with Gasteiger partial charge >= 0.3 is 6.03 Å². The lowest BCUT2D eigenvalue weighted by atomic mass is 10.1. The van der Waals surface area contributed by atoms with Crippen molar-refractivity contribution in [3.8, 4) is 11.5 Å². The lowest BCUT2D eigenvalue weighted by molar-refractivity contribution is 0.0949. The van der Waals surface area contributed by atoms with Crippen LogP contribution in [0.4, 0.5) is 27.5 Å². The number of amides is 3. The van der Waals surface area contributed by atoms with Gasteiger partial charge in [-0.25, -0.2) is 4.79 Å². The molecule has 0 radical (unpaired) electrons. The van der Waals surface area contributed by atoms with Crippen LogP contribution < -0.4 is 35.2 Å². The number of carbonyl (C=O) groups excluding carboxylic acids is 2. The Labute approximate surface area is 254 Å². The highest BCUT2D eigenvalue weighted by atomic mass is 16.5. The minimum Gasteiger partial charge on any atom is -0.495 e. The van der Waals surface area contributed by atoms with Crippen LogP contribution in [0.5, 0.6) is 11.5 Å². The van der Waals surface area contributed by atoms with Gasteiger partial charge in [0, 0.05) is 56.3 Å². The SMILES string of the molecule is CCOc1ccc(NC(=O)Nc2ccc(N3CCN(c4ccccc4OC)CC3)c(C(=O)NCCN(CC)CC)c2)cc1. The maximum atomic E-state index is 13.5. The molecule has 0 spiro atoms. The van der Waals surface area contributed by atoms with E-state index < -0.39 is 6.03 Å². The molecule has 1 fully saturated rings. The summed E-state index contributed by atoms with van der Waals surface area (Å²) in [6.07, 6.45) is 0. The number of para-hydroxylation sites is 2. The zero-order valence-corrected chi connectivity index (χ0v) is 25.7. The van der Waals surface area contributed by atoms with Gasteiger partial charge in [-0.15, -0.1) is 0 Å². The van der Waals surface area contributed by atoms with E-state index in [1.807, 2.05) is 49.4 Å². The first-order valence-electron chi connectivity index (χ1n) is 15.0. The summed E-state index contributed by atoms with van der Waals surface area (Å²) >= 11 is 0. The number of nitrogens with zero attached hydrogens (tertiary/aromatic N) is 3. The number of anilines is 4. The zero-order chi connectivity index (χ0) is 30.6. The molecule has 1 aliphatic heterocycles. The summed E-state index contributed by atoms with van der Waals surface area (Å²) in [5, 5.41) is 8.81. The Morgan fingerprint density at radius 2 is 1.44 bits per heavy atom. The number of rotatable bonds is 13. The average Bonchev–Trinajstić information content (AvgIpc) is 3.04. The summed E-state index contributed by atoms with van der Waals surface area (Å²) < 4.78 is 11.0. The van der Waals surface area contributed by atoms with E-state index in [4.69, 9.17) is 9.47 Å². The van der Waals surface area contributed by atoms with Crippen molar-refractivity contribution in [2.45, 2.75) is 20.8 Å².